The van der Waals surface area contributed by atoms with Crippen molar-refractivity contribution >= 4 is 26.8 Å². The number of H-pyrrole nitrogens is 1. The summed E-state index contributed by atoms with van der Waals surface area (Å²) in [5.74, 6) is 0. The van der Waals surface area contributed by atoms with Crippen molar-refractivity contribution in [1.82, 2.24) is 9.97 Å². The molecule has 3 nitrogen and oxygen atoms in total. The van der Waals surface area contributed by atoms with Crippen LogP contribution in [0.1, 0.15) is 11.3 Å². The fourth-order valence-corrected chi connectivity index (χ4v) is 2.65. The van der Waals surface area contributed by atoms with Crippen LogP contribution in [0.2, 0.25) is 0 Å². The summed E-state index contributed by atoms with van der Waals surface area (Å²) in [6.45, 7) is 0. The average molecular weight is 329 g/mol. The van der Waals surface area contributed by atoms with Gasteiger partial charge in [-0.25, -0.2) is 4.79 Å². The lowest BCUT2D eigenvalue weighted by Gasteiger charge is -2.06. The van der Waals surface area contributed by atoms with Gasteiger partial charge in [-0.3, -0.25) is 0 Å². The van der Waals surface area contributed by atoms with E-state index < -0.39 is 0 Å². The molecule has 0 unspecified atom stereocenters. The predicted molar refractivity (Wildman–Crippen MR) is 83.9 cm³/mol. The van der Waals surface area contributed by atoms with Crippen LogP contribution in [0.4, 0.5) is 0 Å². The van der Waals surface area contributed by atoms with Gasteiger partial charge < -0.3 is 4.98 Å². The lowest BCUT2D eigenvalue weighted by Crippen LogP contribution is -2.13. The van der Waals surface area contributed by atoms with Crippen LogP contribution in [0.5, 0.6) is 0 Å². The second-order valence-corrected chi connectivity index (χ2v) is 5.58. The maximum absolute atomic E-state index is 11.6. The van der Waals surface area contributed by atoms with E-state index in [9.17, 15) is 4.79 Å². The number of hydrogen-bond acceptors (Lipinski definition) is 2. The minimum absolute atomic E-state index is 0.289. The van der Waals surface area contributed by atoms with Crippen molar-refractivity contribution in [2.24, 2.45) is 0 Å². The van der Waals surface area contributed by atoms with E-state index in [0.29, 0.717) is 0 Å². The Morgan fingerprint density at radius 2 is 1.85 bits per heavy atom. The van der Waals surface area contributed by atoms with Crippen molar-refractivity contribution < 1.29 is 0 Å². The molecule has 0 saturated heterocycles. The Morgan fingerprint density at radius 1 is 1.05 bits per heavy atom. The molecule has 0 aliphatic carbocycles. The summed E-state index contributed by atoms with van der Waals surface area (Å²) in [7, 11) is 0. The standard InChI is InChI=1S/C16H13BrN2O/c17-12-7-9-15-13(10-12)14(18-16(20)19-15)8-6-11-4-2-1-3-5-11/h1-5,7,9-10H,6,8H2,(H,18,19,20). The highest BCUT2D eigenvalue weighted by Gasteiger charge is 2.06. The van der Waals surface area contributed by atoms with E-state index >= 15 is 0 Å². The molecule has 1 N–H and O–H groups in total. The van der Waals surface area contributed by atoms with E-state index in [1.807, 2.05) is 36.4 Å². The highest BCUT2D eigenvalue weighted by atomic mass is 79.9. The zero-order valence-corrected chi connectivity index (χ0v) is 12.4. The van der Waals surface area contributed by atoms with E-state index in [1.54, 1.807) is 0 Å². The van der Waals surface area contributed by atoms with Crippen LogP contribution < -0.4 is 5.69 Å². The molecule has 0 fully saturated rings. The summed E-state index contributed by atoms with van der Waals surface area (Å²) in [6, 6.07) is 16.0. The summed E-state index contributed by atoms with van der Waals surface area (Å²) in [6.07, 6.45) is 1.68. The lowest BCUT2D eigenvalue weighted by atomic mass is 10.1. The number of aromatic nitrogens is 2. The highest BCUT2D eigenvalue weighted by molar-refractivity contribution is 9.10. The molecule has 20 heavy (non-hydrogen) atoms. The van der Waals surface area contributed by atoms with Crippen LogP contribution in [-0.2, 0) is 12.8 Å². The summed E-state index contributed by atoms with van der Waals surface area (Å²) >= 11 is 3.46. The molecule has 0 atom stereocenters. The number of nitrogens with zero attached hydrogens (tertiary/aromatic N) is 1. The molecular formula is C16H13BrN2O. The number of nitrogens with one attached hydrogen (secondary N) is 1. The molecule has 4 heteroatoms. The number of hydrogen-bond donors (Lipinski definition) is 1. The Kier molecular flexibility index (Phi) is 3.65. The van der Waals surface area contributed by atoms with Gasteiger partial charge in [-0.2, -0.15) is 4.98 Å². The molecule has 0 radical (unpaired) electrons. The van der Waals surface area contributed by atoms with E-state index in [2.05, 4.69) is 38.0 Å². The van der Waals surface area contributed by atoms with Gasteiger partial charge >= 0.3 is 5.69 Å². The second-order valence-electron chi connectivity index (χ2n) is 4.67. The first-order valence-corrected chi connectivity index (χ1v) is 7.24. The maximum atomic E-state index is 11.6. The number of halogens is 1. The van der Waals surface area contributed by atoms with Crippen molar-refractivity contribution in [3.05, 3.63) is 74.7 Å². The molecule has 3 aromatic rings. The molecule has 100 valence electrons. The van der Waals surface area contributed by atoms with Crippen LogP contribution in [0, 0.1) is 0 Å². The molecule has 0 aliphatic heterocycles. The first-order chi connectivity index (χ1) is 9.72. The van der Waals surface area contributed by atoms with Gasteiger partial charge in [-0.1, -0.05) is 46.3 Å². The third-order valence-corrected chi connectivity index (χ3v) is 3.76. The third kappa shape index (κ3) is 2.80. The highest BCUT2D eigenvalue weighted by Crippen LogP contribution is 2.20. The number of aryl methyl sites for hydroxylation is 2. The summed E-state index contributed by atoms with van der Waals surface area (Å²) < 4.78 is 0.986. The zero-order valence-electron chi connectivity index (χ0n) is 10.8. The minimum Gasteiger partial charge on any atom is -0.309 e. The Morgan fingerprint density at radius 3 is 2.65 bits per heavy atom. The van der Waals surface area contributed by atoms with Gasteiger partial charge in [-0.05, 0) is 36.6 Å². The summed E-state index contributed by atoms with van der Waals surface area (Å²) in [4.78, 5) is 18.5. The number of aromatic amines is 1. The van der Waals surface area contributed by atoms with Crippen LogP contribution in [0.15, 0.2) is 57.8 Å². The van der Waals surface area contributed by atoms with Crippen LogP contribution in [0.3, 0.4) is 0 Å². The molecule has 0 spiro atoms. The second kappa shape index (κ2) is 5.59. The van der Waals surface area contributed by atoms with Crippen molar-refractivity contribution in [1.29, 1.82) is 0 Å². The molecule has 0 bridgehead atoms. The molecule has 2 aromatic carbocycles. The van der Waals surface area contributed by atoms with Crippen LogP contribution in [-0.4, -0.2) is 9.97 Å². The van der Waals surface area contributed by atoms with Gasteiger partial charge in [0.2, 0.25) is 0 Å². The predicted octanol–water partition coefficient (Wildman–Crippen LogP) is 3.47. The van der Waals surface area contributed by atoms with Gasteiger partial charge in [0.1, 0.15) is 0 Å². The molecule has 1 heterocycles. The molecule has 1 aromatic heterocycles. The Labute approximate surface area is 124 Å². The fourth-order valence-electron chi connectivity index (χ4n) is 2.29. The third-order valence-electron chi connectivity index (χ3n) is 3.27. The Balaban J connectivity index is 1.98. The smallest absolute Gasteiger partial charge is 0.309 e. The topological polar surface area (TPSA) is 45.8 Å². The van der Waals surface area contributed by atoms with Crippen LogP contribution in [0.25, 0.3) is 10.9 Å². The van der Waals surface area contributed by atoms with Gasteiger partial charge in [0.05, 0.1) is 5.52 Å². The van der Waals surface area contributed by atoms with Crippen LogP contribution >= 0.6 is 15.9 Å². The van der Waals surface area contributed by atoms with Gasteiger partial charge in [0.25, 0.3) is 0 Å². The minimum atomic E-state index is -0.289. The number of rotatable bonds is 3. The van der Waals surface area contributed by atoms with Crippen molar-refractivity contribution in [2.75, 3.05) is 0 Å². The largest absolute Gasteiger partial charge is 0.345 e. The SMILES string of the molecule is O=c1nc2ccc(Br)cc2c(CCc2ccccc2)[nH]1. The average Bonchev–Trinajstić information content (AvgIpc) is 2.46. The zero-order chi connectivity index (χ0) is 13.9. The first kappa shape index (κ1) is 13.1. The van der Waals surface area contributed by atoms with E-state index in [-0.39, 0.29) is 5.69 Å². The molecule has 3 rings (SSSR count). The Hall–Kier alpha value is -1.94. The number of fused-ring (bicyclic) bond motifs is 1. The van der Waals surface area contributed by atoms with Gasteiger partial charge in [-0.15, -0.1) is 0 Å². The van der Waals surface area contributed by atoms with E-state index in [0.717, 1.165) is 33.9 Å². The normalized spacial score (nSPS) is 10.8. The monoisotopic (exact) mass is 328 g/mol. The molecule has 0 aliphatic rings. The molecule has 0 saturated carbocycles. The summed E-state index contributed by atoms with van der Waals surface area (Å²) in [5.41, 5.74) is 2.64. The maximum Gasteiger partial charge on any atom is 0.345 e. The molecule has 0 amide bonds. The Bertz CT molecular complexity index is 796. The summed E-state index contributed by atoms with van der Waals surface area (Å²) in [5, 5.41) is 0.995. The molecular weight excluding hydrogens is 316 g/mol. The van der Waals surface area contributed by atoms with Gasteiger partial charge in [0.15, 0.2) is 0 Å². The van der Waals surface area contributed by atoms with E-state index in [1.165, 1.54) is 5.56 Å². The lowest BCUT2D eigenvalue weighted by molar-refractivity contribution is 0.901. The van der Waals surface area contributed by atoms with Crippen molar-refractivity contribution in [3.63, 3.8) is 0 Å². The quantitative estimate of drug-likeness (QED) is 0.800. The number of benzene rings is 2. The van der Waals surface area contributed by atoms with Crippen molar-refractivity contribution in [2.45, 2.75) is 12.8 Å². The van der Waals surface area contributed by atoms with Gasteiger partial charge in [0, 0.05) is 15.6 Å². The van der Waals surface area contributed by atoms with Crippen molar-refractivity contribution in [3.8, 4) is 0 Å². The first-order valence-electron chi connectivity index (χ1n) is 6.45. The van der Waals surface area contributed by atoms with E-state index in [4.69, 9.17) is 0 Å². The fraction of sp³-hybridized carbons (Fsp3) is 0.125.